The minimum Gasteiger partial charge on any atom is -0.0622 e. The van der Waals surface area contributed by atoms with Crippen LogP contribution in [0.4, 0.5) is 0 Å². The summed E-state index contributed by atoms with van der Waals surface area (Å²) in [5.74, 6) is 0. The van der Waals surface area contributed by atoms with E-state index in [0.29, 0.717) is 0 Å². The molecule has 0 saturated carbocycles. The minimum absolute atomic E-state index is 1.22. The Kier molecular flexibility index (Phi) is 5.76. The highest BCUT2D eigenvalue weighted by atomic mass is 14.2. The molecule has 0 fully saturated rings. The molecule has 0 nitrogen and oxygen atoms in total. The van der Waals surface area contributed by atoms with E-state index in [1.54, 1.807) is 0 Å². The average molecular weight is 631 g/mol. The second kappa shape index (κ2) is 10.5. The van der Waals surface area contributed by atoms with Crippen LogP contribution >= 0.6 is 0 Å². The zero-order valence-electron chi connectivity index (χ0n) is 27.3. The van der Waals surface area contributed by atoms with Crippen LogP contribution in [0.5, 0.6) is 0 Å². The topological polar surface area (TPSA) is 0 Å². The quantitative estimate of drug-likeness (QED) is 0.170. The van der Waals surface area contributed by atoms with Gasteiger partial charge in [0, 0.05) is 0 Å². The van der Waals surface area contributed by atoms with E-state index < -0.39 is 0 Å². The molecule has 11 rings (SSSR count). The van der Waals surface area contributed by atoms with Crippen molar-refractivity contribution in [2.45, 2.75) is 0 Å². The van der Waals surface area contributed by atoms with Crippen LogP contribution in [-0.2, 0) is 0 Å². The van der Waals surface area contributed by atoms with Gasteiger partial charge in [-0.15, -0.1) is 0 Å². The first-order valence-electron chi connectivity index (χ1n) is 17.4. The molecule has 0 aromatic heterocycles. The lowest BCUT2D eigenvalue weighted by Crippen LogP contribution is -1.92. The van der Waals surface area contributed by atoms with Gasteiger partial charge in [0.05, 0.1) is 0 Å². The standard InChI is InChI=1S/C50H30/c1-3-8-31(9-4-1)38-22-23-39(32-10-5-2-6-11-32)46(30-38)42-26-18-37-20-28-44-41(25-17-36-21-29-45(42)50(37)49(36)44)40-24-16-35-15-14-33-12-7-13-34-19-27-43(40)48(35)47(33)34/h1-30H. The van der Waals surface area contributed by atoms with Gasteiger partial charge in [0.25, 0.3) is 0 Å². The molecular formula is C50H30. The van der Waals surface area contributed by atoms with Gasteiger partial charge in [-0.05, 0) is 115 Å². The van der Waals surface area contributed by atoms with E-state index in [1.807, 2.05) is 0 Å². The molecule has 0 amide bonds. The predicted octanol–water partition coefficient (Wildman–Crippen LogP) is 14.1. The van der Waals surface area contributed by atoms with E-state index >= 15 is 0 Å². The van der Waals surface area contributed by atoms with E-state index in [9.17, 15) is 0 Å². The fourth-order valence-corrected chi connectivity index (χ4v) is 8.69. The van der Waals surface area contributed by atoms with Crippen LogP contribution < -0.4 is 0 Å². The molecule has 0 unspecified atom stereocenters. The largest absolute Gasteiger partial charge is 0.0622 e. The van der Waals surface area contributed by atoms with E-state index in [4.69, 9.17) is 0 Å². The SMILES string of the molecule is c1ccc(-c2ccc(-c3ccccc3)c(-c3ccc4ccc5c(-c6ccc7ccc8cccc9ccc6c7c89)ccc6ccc3c4c65)c2)cc1. The lowest BCUT2D eigenvalue weighted by molar-refractivity contribution is 1.58. The van der Waals surface area contributed by atoms with Crippen LogP contribution in [0, 0.1) is 0 Å². The van der Waals surface area contributed by atoms with Crippen LogP contribution in [-0.4, -0.2) is 0 Å². The molecule has 0 aliphatic rings. The van der Waals surface area contributed by atoms with Crippen LogP contribution in [0.2, 0.25) is 0 Å². The highest BCUT2D eigenvalue weighted by Gasteiger charge is 2.19. The van der Waals surface area contributed by atoms with E-state index in [1.165, 1.54) is 109 Å². The summed E-state index contributed by atoms with van der Waals surface area (Å²) >= 11 is 0. The molecule has 0 radical (unpaired) electrons. The maximum absolute atomic E-state index is 2.39. The lowest BCUT2D eigenvalue weighted by atomic mass is 9.84. The normalized spacial score (nSPS) is 12.0. The van der Waals surface area contributed by atoms with Crippen molar-refractivity contribution in [3.05, 3.63) is 182 Å². The molecule has 0 bridgehead atoms. The predicted molar refractivity (Wildman–Crippen MR) is 216 cm³/mol. The summed E-state index contributed by atoms with van der Waals surface area (Å²) in [6.07, 6.45) is 0. The number of hydrogen-bond donors (Lipinski definition) is 0. The molecule has 0 heteroatoms. The molecular weight excluding hydrogens is 601 g/mol. The van der Waals surface area contributed by atoms with Crippen LogP contribution in [0.1, 0.15) is 0 Å². The summed E-state index contributed by atoms with van der Waals surface area (Å²) in [5.41, 5.74) is 10.0. The third-order valence-corrected chi connectivity index (χ3v) is 11.0. The molecule has 0 N–H and O–H groups in total. The molecule has 0 aliphatic heterocycles. The maximum Gasteiger partial charge on any atom is -0.00203 e. The first-order chi connectivity index (χ1) is 24.8. The summed E-state index contributed by atoms with van der Waals surface area (Å²) < 4.78 is 0. The Hall–Kier alpha value is -6.50. The smallest absolute Gasteiger partial charge is 0.00203 e. The Morgan fingerprint density at radius 3 is 1.14 bits per heavy atom. The summed E-state index contributed by atoms with van der Waals surface area (Å²) in [6.45, 7) is 0. The molecule has 0 spiro atoms. The van der Waals surface area contributed by atoms with Gasteiger partial charge in [-0.2, -0.15) is 0 Å². The molecule has 0 saturated heterocycles. The van der Waals surface area contributed by atoms with Crippen molar-refractivity contribution in [1.29, 1.82) is 0 Å². The van der Waals surface area contributed by atoms with Gasteiger partial charge in [-0.1, -0.05) is 176 Å². The van der Waals surface area contributed by atoms with Crippen molar-refractivity contribution < 1.29 is 0 Å². The van der Waals surface area contributed by atoms with Crippen LogP contribution in [0.25, 0.3) is 109 Å². The van der Waals surface area contributed by atoms with Crippen molar-refractivity contribution in [3.8, 4) is 44.5 Å². The summed E-state index contributed by atoms with van der Waals surface area (Å²) in [6, 6.07) is 67.6. The van der Waals surface area contributed by atoms with Crippen LogP contribution in [0.3, 0.4) is 0 Å². The van der Waals surface area contributed by atoms with Crippen molar-refractivity contribution >= 4 is 64.6 Å². The molecule has 0 aliphatic carbocycles. The van der Waals surface area contributed by atoms with Gasteiger partial charge >= 0.3 is 0 Å². The first-order valence-corrected chi connectivity index (χ1v) is 17.4. The zero-order chi connectivity index (χ0) is 32.8. The second-order valence-corrected chi connectivity index (χ2v) is 13.6. The third-order valence-electron chi connectivity index (χ3n) is 11.0. The van der Waals surface area contributed by atoms with Gasteiger partial charge in [-0.3, -0.25) is 0 Å². The summed E-state index contributed by atoms with van der Waals surface area (Å²) in [7, 11) is 0. The van der Waals surface area contributed by atoms with E-state index in [2.05, 4.69) is 182 Å². The van der Waals surface area contributed by atoms with Crippen molar-refractivity contribution in [2.75, 3.05) is 0 Å². The van der Waals surface area contributed by atoms with Crippen LogP contribution in [0.15, 0.2) is 182 Å². The third kappa shape index (κ3) is 3.94. The Balaban J connectivity index is 1.19. The highest BCUT2D eigenvalue weighted by Crippen LogP contribution is 2.47. The molecule has 0 heterocycles. The van der Waals surface area contributed by atoms with Gasteiger partial charge in [-0.25, -0.2) is 0 Å². The lowest BCUT2D eigenvalue weighted by Gasteiger charge is -2.19. The second-order valence-electron chi connectivity index (χ2n) is 13.6. The highest BCUT2D eigenvalue weighted by molar-refractivity contribution is 6.30. The van der Waals surface area contributed by atoms with Gasteiger partial charge in [0.1, 0.15) is 0 Å². The van der Waals surface area contributed by atoms with E-state index in [-0.39, 0.29) is 0 Å². The maximum atomic E-state index is 2.39. The molecule has 230 valence electrons. The van der Waals surface area contributed by atoms with Gasteiger partial charge in [0.2, 0.25) is 0 Å². The van der Waals surface area contributed by atoms with Crippen molar-refractivity contribution in [1.82, 2.24) is 0 Å². The molecule has 50 heavy (non-hydrogen) atoms. The molecule has 0 atom stereocenters. The fraction of sp³-hybridized carbons (Fsp3) is 0. The van der Waals surface area contributed by atoms with Crippen molar-refractivity contribution in [2.24, 2.45) is 0 Å². The van der Waals surface area contributed by atoms with E-state index in [0.717, 1.165) is 0 Å². The Morgan fingerprint density at radius 1 is 0.200 bits per heavy atom. The summed E-state index contributed by atoms with van der Waals surface area (Å²) in [4.78, 5) is 0. The zero-order valence-corrected chi connectivity index (χ0v) is 27.3. The number of rotatable bonds is 4. The number of benzene rings is 11. The fourth-order valence-electron chi connectivity index (χ4n) is 8.69. The monoisotopic (exact) mass is 630 g/mol. The van der Waals surface area contributed by atoms with Crippen molar-refractivity contribution in [3.63, 3.8) is 0 Å². The Bertz CT molecular complexity index is 3040. The van der Waals surface area contributed by atoms with Gasteiger partial charge < -0.3 is 0 Å². The molecule has 11 aromatic carbocycles. The number of hydrogen-bond acceptors (Lipinski definition) is 0. The molecule has 11 aromatic rings. The first kappa shape index (κ1) is 27.5. The average Bonchev–Trinajstić information content (AvgIpc) is 3.19. The summed E-state index contributed by atoms with van der Waals surface area (Å²) in [5, 5.41) is 15.7. The minimum atomic E-state index is 1.22. The Morgan fingerprint density at radius 2 is 0.600 bits per heavy atom. The Labute approximate surface area is 290 Å². The van der Waals surface area contributed by atoms with Gasteiger partial charge in [0.15, 0.2) is 0 Å².